The summed E-state index contributed by atoms with van der Waals surface area (Å²) in [5.41, 5.74) is 9.14. The van der Waals surface area contributed by atoms with Crippen LogP contribution in [0, 0.1) is 12.1 Å². The van der Waals surface area contributed by atoms with Crippen molar-refractivity contribution in [2.24, 2.45) is 0 Å². The molecule has 1 aliphatic carbocycles. The third-order valence-electron chi connectivity index (χ3n) is 9.98. The summed E-state index contributed by atoms with van der Waals surface area (Å²) in [6, 6.07) is 38.5. The second kappa shape index (κ2) is 12.4. The normalized spacial score (nSPS) is 15.1. The van der Waals surface area contributed by atoms with E-state index in [1.165, 1.54) is 33.6 Å². The second-order valence-electron chi connectivity index (χ2n) is 14.2. The molecule has 0 atom stereocenters. The van der Waals surface area contributed by atoms with Crippen LogP contribution in [0.5, 0.6) is 11.5 Å². The predicted octanol–water partition coefficient (Wildman–Crippen LogP) is 11.7. The van der Waals surface area contributed by atoms with E-state index in [2.05, 4.69) is 96.9 Å². The van der Waals surface area contributed by atoms with Crippen molar-refractivity contribution in [3.8, 4) is 34.0 Å². The van der Waals surface area contributed by atoms with Crippen molar-refractivity contribution in [1.82, 2.24) is 14.4 Å². The first-order chi connectivity index (χ1) is 23.7. The summed E-state index contributed by atoms with van der Waals surface area (Å²) in [6.07, 6.45) is 9.17. The molecule has 0 bridgehead atoms. The SMILES string of the molecule is [2H]C1(c2ccc3c(c2)c2cccc4c5cnc(-c6[c-]c(Oc7[c-]c(-c8ccccn8)cc(C(C)(C)C)c7)ccc6)cc5n3c24)CCCCC1.[Pt+2]. The maximum absolute atomic E-state index is 9.29. The van der Waals surface area contributed by atoms with Crippen molar-refractivity contribution < 1.29 is 27.2 Å². The van der Waals surface area contributed by atoms with E-state index in [1.807, 2.05) is 42.6 Å². The van der Waals surface area contributed by atoms with Crippen molar-refractivity contribution >= 4 is 38.1 Å². The molecule has 5 heteroatoms. The molecule has 4 heterocycles. The van der Waals surface area contributed by atoms with Crippen molar-refractivity contribution in [2.45, 2.75) is 64.2 Å². The van der Waals surface area contributed by atoms with Crippen LogP contribution >= 0.6 is 0 Å². The second-order valence-corrected chi connectivity index (χ2v) is 14.2. The number of para-hydroxylation sites is 1. The number of aromatic nitrogens is 3. The maximum atomic E-state index is 9.29. The third-order valence-corrected chi connectivity index (χ3v) is 9.98. The van der Waals surface area contributed by atoms with Gasteiger partial charge < -0.3 is 19.1 Å². The van der Waals surface area contributed by atoms with Gasteiger partial charge in [0.15, 0.2) is 0 Å². The van der Waals surface area contributed by atoms with E-state index in [0.717, 1.165) is 70.2 Å². The fraction of sp³-hybridized carbons (Fsp3) is 0.227. The number of benzene rings is 4. The topological polar surface area (TPSA) is 39.4 Å². The van der Waals surface area contributed by atoms with Crippen LogP contribution in [0.4, 0.5) is 0 Å². The van der Waals surface area contributed by atoms with Crippen LogP contribution in [0.1, 0.15) is 71.3 Å². The number of fused-ring (bicyclic) bond motifs is 6. The predicted molar refractivity (Wildman–Crippen MR) is 196 cm³/mol. The van der Waals surface area contributed by atoms with Crippen molar-refractivity contribution in [2.75, 3.05) is 0 Å². The molecule has 0 unspecified atom stereocenters. The summed E-state index contributed by atoms with van der Waals surface area (Å²) < 4.78 is 18.1. The molecule has 1 fully saturated rings. The molecule has 49 heavy (non-hydrogen) atoms. The Balaban J connectivity index is 0.00000361. The maximum Gasteiger partial charge on any atom is 2.00 e. The smallest absolute Gasteiger partial charge is 0.497 e. The Bertz CT molecular complexity index is 2510. The molecule has 0 N–H and O–H groups in total. The minimum atomic E-state index is -0.494. The Morgan fingerprint density at radius 2 is 1.51 bits per heavy atom. The molecule has 4 nitrogen and oxygen atoms in total. The van der Waals surface area contributed by atoms with Crippen LogP contribution in [-0.2, 0) is 26.5 Å². The van der Waals surface area contributed by atoms with E-state index in [-0.39, 0.29) is 26.5 Å². The van der Waals surface area contributed by atoms with Crippen molar-refractivity contribution in [1.29, 1.82) is 0 Å². The molecule has 4 aromatic heterocycles. The van der Waals surface area contributed by atoms with Crippen LogP contribution in [0.25, 0.3) is 60.6 Å². The van der Waals surface area contributed by atoms with Gasteiger partial charge in [0.1, 0.15) is 0 Å². The number of hydrogen-bond acceptors (Lipinski definition) is 3. The largest absolute Gasteiger partial charge is 2.00 e. The molecule has 9 rings (SSSR count). The van der Waals surface area contributed by atoms with Crippen molar-refractivity contribution in [3.05, 3.63) is 127 Å². The van der Waals surface area contributed by atoms with Gasteiger partial charge in [0.25, 0.3) is 0 Å². The first-order valence-electron chi connectivity index (χ1n) is 17.5. The summed E-state index contributed by atoms with van der Waals surface area (Å²) in [4.78, 5) is 9.50. The standard InChI is InChI=1S/C44H37N3O.Pt/c1-44(2,3)32-21-31(39-17-7-8-20-45-39)23-34(25-32)48-33-14-9-13-30(22-33)40-26-42-38(27-46-40)36-16-10-15-35-37-24-29(28-11-5-4-6-12-28)18-19-41(37)47(42)43(35)36;/h7-10,13-21,24-28H,4-6,11-12H2,1-3H3;/q-2;+2/i28D;. The van der Waals surface area contributed by atoms with Gasteiger partial charge in [0.2, 0.25) is 0 Å². The molecule has 0 saturated heterocycles. The Hall–Kier alpha value is -4.53. The zero-order chi connectivity index (χ0) is 33.3. The van der Waals surface area contributed by atoms with Crippen molar-refractivity contribution in [3.63, 3.8) is 0 Å². The monoisotopic (exact) mass is 819 g/mol. The fourth-order valence-electron chi connectivity index (χ4n) is 7.47. The summed E-state index contributed by atoms with van der Waals surface area (Å²) in [5.74, 6) is 0.736. The van der Waals surface area contributed by atoms with E-state index >= 15 is 0 Å². The zero-order valence-corrected chi connectivity index (χ0v) is 30.2. The van der Waals surface area contributed by atoms with E-state index in [4.69, 9.17) is 9.72 Å². The molecule has 1 aliphatic rings. The molecule has 0 amide bonds. The van der Waals surface area contributed by atoms with Gasteiger partial charge in [-0.2, -0.15) is 0 Å². The number of rotatable bonds is 5. The average Bonchev–Trinajstić information content (AvgIpc) is 3.63. The van der Waals surface area contributed by atoms with Gasteiger partial charge in [0.05, 0.1) is 11.0 Å². The summed E-state index contributed by atoms with van der Waals surface area (Å²) in [5, 5.41) is 4.77. The summed E-state index contributed by atoms with van der Waals surface area (Å²) >= 11 is 0. The van der Waals surface area contributed by atoms with Crippen LogP contribution in [0.15, 0.2) is 103 Å². The number of pyridine rings is 2. The van der Waals surface area contributed by atoms with Gasteiger partial charge in [-0.1, -0.05) is 101 Å². The van der Waals surface area contributed by atoms with Crippen LogP contribution in [0.3, 0.4) is 0 Å². The Kier molecular flexibility index (Phi) is 7.73. The van der Waals surface area contributed by atoms with Crippen LogP contribution in [-0.4, -0.2) is 14.4 Å². The molecule has 8 aromatic rings. The van der Waals surface area contributed by atoms with Gasteiger partial charge in [-0.05, 0) is 59.3 Å². The molecular formula is C44H37N3OPt. The van der Waals surface area contributed by atoms with Gasteiger partial charge >= 0.3 is 21.1 Å². The van der Waals surface area contributed by atoms with Gasteiger partial charge in [-0.15, -0.1) is 41.0 Å². The van der Waals surface area contributed by atoms with Gasteiger partial charge in [0, 0.05) is 52.3 Å². The van der Waals surface area contributed by atoms with Crippen LogP contribution < -0.4 is 4.74 Å². The Morgan fingerprint density at radius 1 is 0.714 bits per heavy atom. The van der Waals surface area contributed by atoms with Gasteiger partial charge in [-0.3, -0.25) is 0 Å². The zero-order valence-electron chi connectivity index (χ0n) is 28.9. The number of nitrogens with zero attached hydrogens (tertiary/aromatic N) is 3. The minimum absolute atomic E-state index is 0. The van der Waals surface area contributed by atoms with Crippen LogP contribution in [0.2, 0.25) is 0 Å². The Morgan fingerprint density at radius 3 is 2.31 bits per heavy atom. The van der Waals surface area contributed by atoms with E-state index < -0.39 is 5.89 Å². The third kappa shape index (κ3) is 5.61. The summed E-state index contributed by atoms with van der Waals surface area (Å²) in [7, 11) is 0. The first kappa shape index (κ1) is 30.5. The first-order valence-corrected chi connectivity index (χ1v) is 17.0. The van der Waals surface area contributed by atoms with E-state index in [0.29, 0.717) is 11.5 Å². The molecule has 244 valence electrons. The molecule has 0 aliphatic heterocycles. The number of ether oxygens (including phenoxy) is 1. The van der Waals surface area contributed by atoms with E-state index in [1.54, 1.807) is 6.20 Å². The van der Waals surface area contributed by atoms with E-state index in [9.17, 15) is 1.37 Å². The Labute approximate surface area is 303 Å². The minimum Gasteiger partial charge on any atom is -0.497 e. The molecule has 0 spiro atoms. The number of hydrogen-bond donors (Lipinski definition) is 0. The molecular weight excluding hydrogens is 782 g/mol. The average molecular weight is 820 g/mol. The quantitative estimate of drug-likeness (QED) is 0.162. The molecule has 1 saturated carbocycles. The fourth-order valence-corrected chi connectivity index (χ4v) is 7.47. The summed E-state index contributed by atoms with van der Waals surface area (Å²) in [6.45, 7) is 6.59. The molecule has 0 radical (unpaired) electrons. The van der Waals surface area contributed by atoms with Gasteiger partial charge in [-0.25, -0.2) is 0 Å². The molecule has 4 aromatic carbocycles.